The van der Waals surface area contributed by atoms with Crippen LogP contribution in [-0.2, 0) is 19.7 Å². The lowest BCUT2D eigenvalue weighted by molar-refractivity contribution is -0.143. The molecular weight excluding hydrogens is 490 g/mol. The Morgan fingerprint density at radius 3 is 2.24 bits per heavy atom. The van der Waals surface area contributed by atoms with E-state index >= 15 is 0 Å². The molecule has 7 nitrogen and oxygen atoms in total. The van der Waals surface area contributed by atoms with Crippen LogP contribution in [0.4, 0.5) is 10.6 Å². The smallest absolute Gasteiger partial charge is 0.413 e. The zero-order valence-electron chi connectivity index (χ0n) is 20.5. The van der Waals surface area contributed by atoms with Crippen molar-refractivity contribution in [2.45, 2.75) is 31.3 Å². The molecule has 0 saturated heterocycles. The summed E-state index contributed by atoms with van der Waals surface area (Å²) in [4.78, 5) is 24.7. The molecule has 0 aliphatic heterocycles. The van der Waals surface area contributed by atoms with Crippen molar-refractivity contribution < 1.29 is 19.1 Å². The van der Waals surface area contributed by atoms with Gasteiger partial charge in [-0.25, -0.2) is 9.48 Å². The van der Waals surface area contributed by atoms with Crippen molar-refractivity contribution in [1.82, 2.24) is 9.78 Å². The molecule has 188 valence electrons. The second-order valence-electron chi connectivity index (χ2n) is 9.02. The van der Waals surface area contributed by atoms with E-state index in [1.807, 2.05) is 66.7 Å². The number of carbonyl (C=O) groups is 2. The Morgan fingerprint density at radius 1 is 0.973 bits per heavy atom. The van der Waals surface area contributed by atoms with Gasteiger partial charge in [0, 0.05) is 16.7 Å². The number of amides is 1. The predicted molar refractivity (Wildman–Crippen MR) is 142 cm³/mol. The summed E-state index contributed by atoms with van der Waals surface area (Å²) in [5, 5.41) is 7.64. The highest BCUT2D eigenvalue weighted by Gasteiger charge is 2.52. The Bertz CT molecular complexity index is 1430. The molecule has 1 N–H and O–H groups in total. The van der Waals surface area contributed by atoms with Gasteiger partial charge in [-0.2, -0.15) is 5.10 Å². The van der Waals surface area contributed by atoms with E-state index in [1.165, 1.54) is 7.11 Å². The van der Waals surface area contributed by atoms with Gasteiger partial charge in [-0.05, 0) is 54.7 Å². The summed E-state index contributed by atoms with van der Waals surface area (Å²) in [7, 11) is 1.43. The van der Waals surface area contributed by atoms with Crippen LogP contribution >= 0.6 is 11.6 Å². The van der Waals surface area contributed by atoms with Crippen LogP contribution in [0.15, 0.2) is 85.1 Å². The Balaban J connectivity index is 1.27. The van der Waals surface area contributed by atoms with E-state index in [2.05, 4.69) is 10.4 Å². The zero-order chi connectivity index (χ0) is 26.0. The quantitative estimate of drug-likeness (QED) is 0.277. The summed E-state index contributed by atoms with van der Waals surface area (Å²) in [6, 6.07) is 24.8. The van der Waals surface area contributed by atoms with Crippen molar-refractivity contribution in [3.05, 3.63) is 101 Å². The van der Waals surface area contributed by atoms with Crippen molar-refractivity contribution in [2.75, 3.05) is 12.4 Å². The average molecular weight is 516 g/mol. The third kappa shape index (κ3) is 4.95. The predicted octanol–water partition coefficient (Wildman–Crippen LogP) is 6.71. The van der Waals surface area contributed by atoms with Gasteiger partial charge in [0.25, 0.3) is 0 Å². The summed E-state index contributed by atoms with van der Waals surface area (Å²) >= 11 is 6.21. The number of rotatable bonds is 7. The molecule has 1 amide bonds. The molecule has 1 atom stereocenters. The highest BCUT2D eigenvalue weighted by atomic mass is 35.5. The summed E-state index contributed by atoms with van der Waals surface area (Å²) in [6.07, 6.45) is 2.12. The summed E-state index contributed by atoms with van der Waals surface area (Å²) in [5.41, 5.74) is 4.08. The molecule has 1 aliphatic carbocycles. The standard InChI is InChI=1S/C29H26ClN3O4/c1-19(24-5-3-4-6-25(24)30)37-28(35)32-26-15-18-31-33(26)23-13-9-21(10-14-23)20-7-11-22(12-8-20)29(16-17-29)27(34)36-2/h3-15,18-19H,16-17H2,1-2H3,(H,32,35)/t19-/m1/s1. The molecule has 0 unspecified atom stereocenters. The van der Waals surface area contributed by atoms with Crippen LogP contribution in [-0.4, -0.2) is 29.0 Å². The van der Waals surface area contributed by atoms with Gasteiger partial charge in [0.2, 0.25) is 0 Å². The number of hydrogen-bond acceptors (Lipinski definition) is 5. The fourth-order valence-electron chi connectivity index (χ4n) is 4.47. The molecule has 5 rings (SSSR count). The van der Waals surface area contributed by atoms with Crippen LogP contribution in [0.1, 0.15) is 37.0 Å². The van der Waals surface area contributed by atoms with Crippen molar-refractivity contribution >= 4 is 29.5 Å². The molecular formula is C29H26ClN3O4. The number of carbonyl (C=O) groups excluding carboxylic acids is 2. The van der Waals surface area contributed by atoms with Crippen LogP contribution in [0.3, 0.4) is 0 Å². The number of benzene rings is 3. The van der Waals surface area contributed by atoms with Crippen molar-refractivity contribution in [3.63, 3.8) is 0 Å². The van der Waals surface area contributed by atoms with Crippen molar-refractivity contribution in [1.29, 1.82) is 0 Å². The lowest BCUT2D eigenvalue weighted by atomic mass is 9.94. The van der Waals surface area contributed by atoms with Crippen LogP contribution in [0.25, 0.3) is 16.8 Å². The molecule has 0 radical (unpaired) electrons. The van der Waals surface area contributed by atoms with Gasteiger partial charge in [0.15, 0.2) is 0 Å². The fourth-order valence-corrected chi connectivity index (χ4v) is 4.76. The number of ether oxygens (including phenoxy) is 2. The molecule has 1 saturated carbocycles. The molecule has 1 aromatic heterocycles. The number of anilines is 1. The monoisotopic (exact) mass is 515 g/mol. The maximum absolute atomic E-state index is 12.5. The van der Waals surface area contributed by atoms with Gasteiger partial charge in [0.1, 0.15) is 11.9 Å². The number of halogens is 1. The molecule has 0 bridgehead atoms. The van der Waals surface area contributed by atoms with Gasteiger partial charge in [0.05, 0.1) is 24.4 Å². The van der Waals surface area contributed by atoms with Crippen LogP contribution < -0.4 is 5.32 Å². The van der Waals surface area contributed by atoms with Gasteiger partial charge in [-0.15, -0.1) is 0 Å². The van der Waals surface area contributed by atoms with E-state index in [9.17, 15) is 9.59 Å². The third-order valence-electron chi connectivity index (χ3n) is 6.71. The fraction of sp³-hybridized carbons (Fsp3) is 0.207. The molecule has 1 heterocycles. The van der Waals surface area contributed by atoms with E-state index in [1.54, 1.807) is 29.9 Å². The van der Waals surface area contributed by atoms with E-state index in [0.29, 0.717) is 10.8 Å². The molecule has 1 fully saturated rings. The van der Waals surface area contributed by atoms with Gasteiger partial charge >= 0.3 is 12.1 Å². The lowest BCUT2D eigenvalue weighted by Gasteiger charge is -2.16. The van der Waals surface area contributed by atoms with Crippen molar-refractivity contribution in [2.24, 2.45) is 0 Å². The molecule has 4 aromatic rings. The molecule has 0 spiro atoms. The van der Waals surface area contributed by atoms with Crippen molar-refractivity contribution in [3.8, 4) is 16.8 Å². The topological polar surface area (TPSA) is 82.5 Å². The van der Waals surface area contributed by atoms with Gasteiger partial charge in [-0.1, -0.05) is 66.2 Å². The average Bonchev–Trinajstić information content (AvgIpc) is 3.61. The van der Waals surface area contributed by atoms with Gasteiger partial charge < -0.3 is 9.47 Å². The molecule has 3 aromatic carbocycles. The number of hydrogen-bond donors (Lipinski definition) is 1. The van der Waals surface area contributed by atoms with E-state index < -0.39 is 17.6 Å². The first-order chi connectivity index (χ1) is 17.9. The number of nitrogens with zero attached hydrogens (tertiary/aromatic N) is 2. The SMILES string of the molecule is COC(=O)C1(c2ccc(-c3ccc(-n4nccc4NC(=O)O[C@H](C)c4ccccc4Cl)cc3)cc2)CC1. The first kappa shape index (κ1) is 24.6. The summed E-state index contributed by atoms with van der Waals surface area (Å²) in [6.45, 7) is 1.77. The number of nitrogens with one attached hydrogen (secondary N) is 1. The maximum Gasteiger partial charge on any atom is 0.413 e. The minimum Gasteiger partial charge on any atom is -0.468 e. The largest absolute Gasteiger partial charge is 0.468 e. The molecule has 8 heteroatoms. The Kier molecular flexibility index (Phi) is 6.72. The Hall–Kier alpha value is -4.10. The lowest BCUT2D eigenvalue weighted by Crippen LogP contribution is -2.21. The Labute approximate surface area is 220 Å². The van der Waals surface area contributed by atoms with E-state index in [0.717, 1.165) is 40.8 Å². The van der Waals surface area contributed by atoms with Crippen LogP contribution in [0.2, 0.25) is 5.02 Å². The highest BCUT2D eigenvalue weighted by Crippen LogP contribution is 2.49. The zero-order valence-corrected chi connectivity index (χ0v) is 21.2. The maximum atomic E-state index is 12.5. The van der Waals surface area contributed by atoms with Crippen LogP contribution in [0.5, 0.6) is 0 Å². The van der Waals surface area contributed by atoms with Crippen LogP contribution in [0, 0.1) is 0 Å². The number of esters is 1. The highest BCUT2D eigenvalue weighted by molar-refractivity contribution is 6.31. The second kappa shape index (κ2) is 10.1. The van der Waals surface area contributed by atoms with Gasteiger partial charge in [-0.3, -0.25) is 10.1 Å². The minimum absolute atomic E-state index is 0.171. The summed E-state index contributed by atoms with van der Waals surface area (Å²) in [5.74, 6) is 0.307. The number of methoxy groups -OCH3 is 1. The minimum atomic E-state index is -0.605. The number of aromatic nitrogens is 2. The molecule has 1 aliphatic rings. The summed E-state index contributed by atoms with van der Waals surface area (Å²) < 4.78 is 12.1. The first-order valence-corrected chi connectivity index (χ1v) is 12.3. The third-order valence-corrected chi connectivity index (χ3v) is 7.05. The normalized spacial score (nSPS) is 14.5. The van der Waals surface area contributed by atoms with E-state index in [4.69, 9.17) is 21.1 Å². The molecule has 37 heavy (non-hydrogen) atoms. The first-order valence-electron chi connectivity index (χ1n) is 12.0. The second-order valence-corrected chi connectivity index (χ2v) is 9.43. The Morgan fingerprint density at radius 2 is 1.62 bits per heavy atom. The van der Waals surface area contributed by atoms with E-state index in [-0.39, 0.29) is 5.97 Å².